The summed E-state index contributed by atoms with van der Waals surface area (Å²) in [6, 6.07) is 2.02. The molecule has 0 unspecified atom stereocenters. The molecule has 0 fully saturated rings. The minimum absolute atomic E-state index is 0.0201. The quantitative estimate of drug-likeness (QED) is 0.867. The first-order chi connectivity index (χ1) is 9.52. The number of nitrogens with one attached hydrogen (secondary N) is 1. The maximum absolute atomic E-state index is 13.6. The molecule has 4 nitrogen and oxygen atoms in total. The number of nitrogens with zero attached hydrogens (tertiary/aromatic N) is 2. The molecule has 0 radical (unpaired) electrons. The molecular weight excluding hydrogens is 271 g/mol. The third-order valence-electron chi connectivity index (χ3n) is 2.86. The van der Waals surface area contributed by atoms with Gasteiger partial charge in [-0.25, -0.2) is 18.2 Å². The molecule has 7 heteroatoms. The highest BCUT2D eigenvalue weighted by Gasteiger charge is 2.15. The SMILES string of the molecule is CNC(=O)Cn1ccnc1Cc1ccc(F)c(F)c1F. The third-order valence-corrected chi connectivity index (χ3v) is 2.86. The van der Waals surface area contributed by atoms with Gasteiger partial charge in [0, 0.05) is 25.9 Å². The molecule has 0 saturated heterocycles. The van der Waals surface area contributed by atoms with E-state index in [4.69, 9.17) is 0 Å². The molecule has 0 spiro atoms. The lowest BCUT2D eigenvalue weighted by Crippen LogP contribution is -2.24. The molecule has 1 aromatic heterocycles. The zero-order valence-corrected chi connectivity index (χ0v) is 10.7. The smallest absolute Gasteiger partial charge is 0.239 e. The second kappa shape index (κ2) is 5.77. The highest BCUT2D eigenvalue weighted by Crippen LogP contribution is 2.17. The van der Waals surface area contributed by atoms with Crippen molar-refractivity contribution in [1.29, 1.82) is 0 Å². The summed E-state index contributed by atoms with van der Waals surface area (Å²) in [5, 5.41) is 2.45. The van der Waals surface area contributed by atoms with Gasteiger partial charge >= 0.3 is 0 Å². The van der Waals surface area contributed by atoms with E-state index in [1.807, 2.05) is 0 Å². The van der Waals surface area contributed by atoms with Gasteiger partial charge in [0.15, 0.2) is 17.5 Å². The van der Waals surface area contributed by atoms with E-state index in [0.717, 1.165) is 12.1 Å². The van der Waals surface area contributed by atoms with Crippen LogP contribution in [0.3, 0.4) is 0 Å². The van der Waals surface area contributed by atoms with Crippen LogP contribution < -0.4 is 5.32 Å². The van der Waals surface area contributed by atoms with Crippen molar-refractivity contribution in [3.05, 3.63) is 53.4 Å². The number of benzene rings is 1. The normalized spacial score (nSPS) is 10.6. The van der Waals surface area contributed by atoms with Gasteiger partial charge in [0.1, 0.15) is 12.4 Å². The molecule has 1 N–H and O–H groups in total. The van der Waals surface area contributed by atoms with E-state index >= 15 is 0 Å². The molecule has 106 valence electrons. The lowest BCUT2D eigenvalue weighted by Gasteiger charge is -2.08. The number of halogens is 3. The summed E-state index contributed by atoms with van der Waals surface area (Å²) >= 11 is 0. The van der Waals surface area contributed by atoms with Crippen LogP contribution in [0.15, 0.2) is 24.5 Å². The summed E-state index contributed by atoms with van der Waals surface area (Å²) in [4.78, 5) is 15.3. The average Bonchev–Trinajstić information content (AvgIpc) is 2.86. The molecule has 20 heavy (non-hydrogen) atoms. The van der Waals surface area contributed by atoms with E-state index < -0.39 is 17.5 Å². The highest BCUT2D eigenvalue weighted by atomic mass is 19.2. The number of rotatable bonds is 4. The summed E-state index contributed by atoms with van der Waals surface area (Å²) in [6.45, 7) is 0.0249. The largest absolute Gasteiger partial charge is 0.358 e. The summed E-state index contributed by atoms with van der Waals surface area (Å²) < 4.78 is 41.1. The average molecular weight is 283 g/mol. The second-order valence-corrected chi connectivity index (χ2v) is 4.16. The summed E-state index contributed by atoms with van der Waals surface area (Å²) in [7, 11) is 1.49. The minimum atomic E-state index is -1.51. The van der Waals surface area contributed by atoms with Crippen LogP contribution in [-0.4, -0.2) is 22.5 Å². The Hall–Kier alpha value is -2.31. The van der Waals surface area contributed by atoms with Crippen LogP contribution in [-0.2, 0) is 17.8 Å². The predicted molar refractivity (Wildman–Crippen MR) is 65.4 cm³/mol. The number of amides is 1. The van der Waals surface area contributed by atoms with Gasteiger partial charge in [0.25, 0.3) is 0 Å². The van der Waals surface area contributed by atoms with Crippen LogP contribution in [0.25, 0.3) is 0 Å². The van der Waals surface area contributed by atoms with Gasteiger partial charge in [-0.2, -0.15) is 0 Å². The topological polar surface area (TPSA) is 46.9 Å². The number of carbonyl (C=O) groups is 1. The fourth-order valence-corrected chi connectivity index (χ4v) is 1.76. The van der Waals surface area contributed by atoms with Gasteiger partial charge in [-0.3, -0.25) is 4.79 Å². The van der Waals surface area contributed by atoms with Gasteiger partial charge in [0.2, 0.25) is 5.91 Å². The van der Waals surface area contributed by atoms with E-state index in [-0.39, 0.29) is 24.4 Å². The lowest BCUT2D eigenvalue weighted by atomic mass is 10.1. The van der Waals surface area contributed by atoms with E-state index in [9.17, 15) is 18.0 Å². The first-order valence-electron chi connectivity index (χ1n) is 5.86. The van der Waals surface area contributed by atoms with Gasteiger partial charge < -0.3 is 9.88 Å². The van der Waals surface area contributed by atoms with Crippen molar-refractivity contribution in [2.24, 2.45) is 0 Å². The Labute approximate surface area is 113 Å². The summed E-state index contributed by atoms with van der Waals surface area (Å²) in [5.41, 5.74) is -0.0201. The molecule has 2 rings (SSSR count). The molecule has 2 aromatic rings. The van der Waals surface area contributed by atoms with Crippen LogP contribution in [0.5, 0.6) is 0 Å². The zero-order chi connectivity index (χ0) is 14.7. The standard InChI is InChI=1S/C13H12F3N3O/c1-17-11(20)7-19-5-4-18-10(19)6-8-2-3-9(14)13(16)12(8)15/h2-5H,6-7H2,1H3,(H,17,20). The molecule has 0 bridgehead atoms. The number of hydrogen-bond acceptors (Lipinski definition) is 2. The second-order valence-electron chi connectivity index (χ2n) is 4.16. The Morgan fingerprint density at radius 2 is 2.05 bits per heavy atom. The number of aromatic nitrogens is 2. The van der Waals surface area contributed by atoms with Gasteiger partial charge in [-0.15, -0.1) is 0 Å². The molecular formula is C13H12F3N3O. The number of carbonyl (C=O) groups excluding carboxylic acids is 1. The Kier molecular flexibility index (Phi) is 4.07. The number of likely N-dealkylation sites (N-methyl/N-ethyl adjacent to an activating group) is 1. The molecule has 0 atom stereocenters. The maximum Gasteiger partial charge on any atom is 0.239 e. The van der Waals surface area contributed by atoms with Crippen molar-refractivity contribution in [3.8, 4) is 0 Å². The molecule has 0 aliphatic carbocycles. The Morgan fingerprint density at radius 3 is 2.75 bits per heavy atom. The highest BCUT2D eigenvalue weighted by molar-refractivity contribution is 5.75. The van der Waals surface area contributed by atoms with Crippen LogP contribution in [0.2, 0.25) is 0 Å². The predicted octanol–water partition coefficient (Wildman–Crippen LogP) is 1.64. The van der Waals surface area contributed by atoms with Crippen molar-refractivity contribution in [1.82, 2.24) is 14.9 Å². The number of imidazole rings is 1. The van der Waals surface area contributed by atoms with Gasteiger partial charge in [-0.05, 0) is 11.6 Å². The van der Waals surface area contributed by atoms with Crippen LogP contribution in [0.1, 0.15) is 11.4 Å². The maximum atomic E-state index is 13.6. The van der Waals surface area contributed by atoms with Gasteiger partial charge in [0.05, 0.1) is 0 Å². The van der Waals surface area contributed by atoms with E-state index in [2.05, 4.69) is 10.3 Å². The van der Waals surface area contributed by atoms with Crippen LogP contribution in [0.4, 0.5) is 13.2 Å². The minimum Gasteiger partial charge on any atom is -0.358 e. The van der Waals surface area contributed by atoms with E-state index in [1.54, 1.807) is 6.20 Å². The van der Waals surface area contributed by atoms with Crippen molar-refractivity contribution in [2.75, 3.05) is 7.05 Å². The van der Waals surface area contributed by atoms with Crippen molar-refractivity contribution < 1.29 is 18.0 Å². The lowest BCUT2D eigenvalue weighted by molar-refractivity contribution is -0.121. The van der Waals surface area contributed by atoms with E-state index in [1.165, 1.54) is 17.8 Å². The Morgan fingerprint density at radius 1 is 1.30 bits per heavy atom. The Balaban J connectivity index is 2.25. The molecule has 1 heterocycles. The first-order valence-corrected chi connectivity index (χ1v) is 5.86. The fourth-order valence-electron chi connectivity index (χ4n) is 1.76. The molecule has 0 saturated carbocycles. The van der Waals surface area contributed by atoms with Crippen molar-refractivity contribution in [3.63, 3.8) is 0 Å². The molecule has 0 aliphatic heterocycles. The monoisotopic (exact) mass is 283 g/mol. The molecule has 0 aliphatic rings. The molecule has 1 aromatic carbocycles. The van der Waals surface area contributed by atoms with Crippen molar-refractivity contribution in [2.45, 2.75) is 13.0 Å². The zero-order valence-electron chi connectivity index (χ0n) is 10.7. The molecule has 1 amide bonds. The summed E-state index contributed by atoms with van der Waals surface area (Å²) in [6.07, 6.45) is 2.98. The van der Waals surface area contributed by atoms with Crippen LogP contribution in [0, 0.1) is 17.5 Å². The first kappa shape index (κ1) is 14.1. The van der Waals surface area contributed by atoms with Crippen molar-refractivity contribution >= 4 is 5.91 Å². The van der Waals surface area contributed by atoms with Gasteiger partial charge in [-0.1, -0.05) is 6.07 Å². The Bertz CT molecular complexity index is 640. The van der Waals surface area contributed by atoms with E-state index in [0.29, 0.717) is 5.82 Å². The fraction of sp³-hybridized carbons (Fsp3) is 0.231. The summed E-state index contributed by atoms with van der Waals surface area (Å²) in [5.74, 6) is -3.83. The van der Waals surface area contributed by atoms with Crippen LogP contribution >= 0.6 is 0 Å². The third kappa shape index (κ3) is 2.81. The number of hydrogen-bond donors (Lipinski definition) is 1.